The van der Waals surface area contributed by atoms with Crippen LogP contribution in [0.5, 0.6) is 5.75 Å². The van der Waals surface area contributed by atoms with Crippen LogP contribution in [0.2, 0.25) is 0 Å². The first-order valence-corrected chi connectivity index (χ1v) is 17.9. The number of hydrogen-bond donors (Lipinski definition) is 4. The minimum Gasteiger partial charge on any atom is -0.493 e. The number of carbonyl (C=O) groups is 1. The van der Waals surface area contributed by atoms with Crippen LogP contribution < -0.4 is 4.74 Å². The Morgan fingerprint density at radius 1 is 0.894 bits per heavy atom. The van der Waals surface area contributed by atoms with Gasteiger partial charge in [-0.15, -0.1) is 11.3 Å². The van der Waals surface area contributed by atoms with Crippen molar-refractivity contribution in [2.24, 2.45) is 16.2 Å². The third-order valence-electron chi connectivity index (χ3n) is 9.33. The van der Waals surface area contributed by atoms with E-state index in [9.17, 15) is 25.2 Å². The van der Waals surface area contributed by atoms with Gasteiger partial charge in [0, 0.05) is 22.4 Å². The van der Waals surface area contributed by atoms with E-state index in [2.05, 4.69) is 58.1 Å². The van der Waals surface area contributed by atoms with Gasteiger partial charge in [-0.05, 0) is 85.1 Å². The minimum absolute atomic E-state index is 0.0524. The van der Waals surface area contributed by atoms with Crippen LogP contribution in [0.25, 0.3) is 15.7 Å². The van der Waals surface area contributed by atoms with Gasteiger partial charge in [0.2, 0.25) is 0 Å². The Labute approximate surface area is 286 Å². The molecule has 0 fully saturated rings. The van der Waals surface area contributed by atoms with Gasteiger partial charge in [-0.25, -0.2) is 0 Å². The molecule has 3 rings (SSSR count). The van der Waals surface area contributed by atoms with Crippen LogP contribution in [-0.2, 0) is 9.53 Å². The number of carbonyl (C=O) groups excluding carboxylic acids is 1. The molecule has 0 bridgehead atoms. The third-order valence-corrected chi connectivity index (χ3v) is 10.5. The van der Waals surface area contributed by atoms with Crippen LogP contribution in [0.4, 0.5) is 0 Å². The molecule has 0 radical (unpaired) electrons. The standard InChI is InChI=1S/C39H58O7S/c1-9-26-12-10-13-27(16-15-26)34-22-28-17-18-29(23-35(28)47-34)45-21-19-31(41)33(43)24-32(42)30(40)14-11-20-46-36(44)39(8,38(5,6)7)25-37(2,3)4/h10,13,15-18,22-23,30-33,40-43H,9,11-12,14,19-21,24-25H2,1-8H3. The molecule has 5 unspecified atom stereocenters. The molecule has 8 heteroatoms. The monoisotopic (exact) mass is 670 g/mol. The number of thiophene rings is 1. The molecule has 0 saturated heterocycles. The molecule has 1 aromatic heterocycles. The lowest BCUT2D eigenvalue weighted by atomic mass is 9.61. The predicted octanol–water partition coefficient (Wildman–Crippen LogP) is 8.00. The molecule has 7 nitrogen and oxygen atoms in total. The maximum Gasteiger partial charge on any atom is 0.312 e. The predicted molar refractivity (Wildman–Crippen MR) is 193 cm³/mol. The lowest BCUT2D eigenvalue weighted by molar-refractivity contribution is -0.165. The highest BCUT2D eigenvalue weighted by molar-refractivity contribution is 7.20. The largest absolute Gasteiger partial charge is 0.493 e. The van der Waals surface area contributed by atoms with E-state index in [1.54, 1.807) is 11.3 Å². The van der Waals surface area contributed by atoms with E-state index in [0.29, 0.717) is 18.6 Å². The summed E-state index contributed by atoms with van der Waals surface area (Å²) in [6.45, 7) is 16.9. The van der Waals surface area contributed by atoms with Crippen LogP contribution in [-0.4, -0.2) is 64.0 Å². The van der Waals surface area contributed by atoms with E-state index < -0.39 is 29.8 Å². The molecule has 0 spiro atoms. The zero-order chi connectivity index (χ0) is 35.0. The number of aliphatic hydroxyl groups excluding tert-OH is 4. The number of fused-ring (bicyclic) bond motifs is 1. The van der Waals surface area contributed by atoms with Gasteiger partial charge in [0.15, 0.2) is 0 Å². The highest BCUT2D eigenvalue weighted by atomic mass is 32.1. The number of benzene rings is 1. The fourth-order valence-electron chi connectivity index (χ4n) is 5.90. The maximum absolute atomic E-state index is 13.1. The SMILES string of the molecule is CCC1=CC=C(c2cc3ccc(OCCC(O)C(O)CC(O)C(O)CCCOC(=O)C(C)(CC(C)(C)C)C(C)(C)C)cc3s2)C=CC1. The Hall–Kier alpha value is -2.49. The van der Waals surface area contributed by atoms with Gasteiger partial charge in [-0.1, -0.05) is 78.3 Å². The molecule has 1 heterocycles. The highest BCUT2D eigenvalue weighted by Gasteiger charge is 2.47. The van der Waals surface area contributed by atoms with Crippen LogP contribution in [0.3, 0.4) is 0 Å². The van der Waals surface area contributed by atoms with Crippen molar-refractivity contribution in [3.05, 3.63) is 59.0 Å². The summed E-state index contributed by atoms with van der Waals surface area (Å²) in [5.41, 5.74) is 1.59. The number of ether oxygens (including phenoxy) is 2. The quantitative estimate of drug-likeness (QED) is 0.106. The Balaban J connectivity index is 1.42. The molecule has 1 aliphatic carbocycles. The molecule has 262 valence electrons. The van der Waals surface area contributed by atoms with Gasteiger partial charge >= 0.3 is 5.97 Å². The summed E-state index contributed by atoms with van der Waals surface area (Å²) in [5.74, 6) is 0.423. The van der Waals surface area contributed by atoms with Crippen molar-refractivity contribution >= 4 is 33.0 Å². The third kappa shape index (κ3) is 11.3. The molecular weight excluding hydrogens is 612 g/mol. The highest BCUT2D eigenvalue weighted by Crippen LogP contribution is 2.47. The molecule has 0 amide bonds. The van der Waals surface area contributed by atoms with Crippen molar-refractivity contribution in [1.29, 1.82) is 0 Å². The zero-order valence-electron chi connectivity index (χ0n) is 29.7. The van der Waals surface area contributed by atoms with E-state index in [1.165, 1.54) is 16.0 Å². The summed E-state index contributed by atoms with van der Waals surface area (Å²) in [6, 6.07) is 8.11. The molecular formula is C39H58O7S. The fraction of sp³-hybridized carbons (Fsp3) is 0.615. The van der Waals surface area contributed by atoms with Crippen LogP contribution >= 0.6 is 11.3 Å². The molecule has 2 aromatic rings. The van der Waals surface area contributed by atoms with E-state index in [-0.39, 0.29) is 49.3 Å². The fourth-order valence-corrected chi connectivity index (χ4v) is 7.00. The Morgan fingerprint density at radius 3 is 2.21 bits per heavy atom. The van der Waals surface area contributed by atoms with Crippen LogP contribution in [0, 0.1) is 16.2 Å². The van der Waals surface area contributed by atoms with Gasteiger partial charge in [0.05, 0.1) is 43.0 Å². The number of rotatable bonds is 16. The zero-order valence-corrected chi connectivity index (χ0v) is 30.5. The second-order valence-corrected chi connectivity index (χ2v) is 16.5. The molecule has 1 aromatic carbocycles. The van der Waals surface area contributed by atoms with E-state index in [4.69, 9.17) is 9.47 Å². The van der Waals surface area contributed by atoms with Crippen molar-refractivity contribution in [3.8, 4) is 5.75 Å². The van der Waals surface area contributed by atoms with Crippen molar-refractivity contribution in [3.63, 3.8) is 0 Å². The Bertz CT molecular complexity index is 1410. The molecule has 4 N–H and O–H groups in total. The number of allylic oxidation sites excluding steroid dienone is 6. The van der Waals surface area contributed by atoms with Gasteiger partial charge in [0.25, 0.3) is 0 Å². The average molecular weight is 671 g/mol. The molecule has 1 aliphatic rings. The molecule has 0 saturated carbocycles. The first-order chi connectivity index (χ1) is 21.9. The molecule has 0 aliphatic heterocycles. The summed E-state index contributed by atoms with van der Waals surface area (Å²) in [7, 11) is 0. The molecule has 5 atom stereocenters. The second kappa shape index (κ2) is 16.8. The van der Waals surface area contributed by atoms with Crippen LogP contribution in [0.1, 0.15) is 105 Å². The van der Waals surface area contributed by atoms with Crippen molar-refractivity contribution < 1.29 is 34.7 Å². The van der Waals surface area contributed by atoms with E-state index in [0.717, 1.165) is 22.9 Å². The lowest BCUT2D eigenvalue weighted by Crippen LogP contribution is -2.44. The summed E-state index contributed by atoms with van der Waals surface area (Å²) >= 11 is 1.71. The smallest absolute Gasteiger partial charge is 0.312 e. The maximum atomic E-state index is 13.1. The Morgan fingerprint density at radius 2 is 1.57 bits per heavy atom. The van der Waals surface area contributed by atoms with Gasteiger partial charge < -0.3 is 29.9 Å². The number of aliphatic hydroxyl groups is 4. The first kappa shape index (κ1) is 39.0. The molecule has 47 heavy (non-hydrogen) atoms. The summed E-state index contributed by atoms with van der Waals surface area (Å²) in [5, 5.41) is 43.1. The number of esters is 1. The van der Waals surface area contributed by atoms with Gasteiger partial charge in [-0.2, -0.15) is 0 Å². The van der Waals surface area contributed by atoms with Crippen molar-refractivity contribution in [2.75, 3.05) is 13.2 Å². The average Bonchev–Trinajstić information content (AvgIpc) is 3.25. The first-order valence-electron chi connectivity index (χ1n) is 17.1. The van der Waals surface area contributed by atoms with Crippen molar-refractivity contribution in [1.82, 2.24) is 0 Å². The Kier molecular flexibility index (Phi) is 13.9. The van der Waals surface area contributed by atoms with Gasteiger partial charge in [-0.3, -0.25) is 4.79 Å². The summed E-state index contributed by atoms with van der Waals surface area (Å²) in [6.07, 6.45) is 7.34. The van der Waals surface area contributed by atoms with Gasteiger partial charge in [0.1, 0.15) is 5.75 Å². The van der Waals surface area contributed by atoms with Crippen molar-refractivity contribution in [2.45, 2.75) is 125 Å². The van der Waals surface area contributed by atoms with E-state index in [1.807, 2.05) is 45.9 Å². The minimum atomic E-state index is -1.23. The van der Waals surface area contributed by atoms with E-state index >= 15 is 0 Å². The summed E-state index contributed by atoms with van der Waals surface area (Å²) < 4.78 is 12.6. The second-order valence-electron chi connectivity index (χ2n) is 15.5. The summed E-state index contributed by atoms with van der Waals surface area (Å²) in [4.78, 5) is 14.3. The number of hydrogen-bond acceptors (Lipinski definition) is 8. The lowest BCUT2D eigenvalue weighted by Gasteiger charge is -2.43. The topological polar surface area (TPSA) is 116 Å². The van der Waals surface area contributed by atoms with Crippen LogP contribution in [0.15, 0.2) is 54.1 Å². The normalized spacial score (nSPS) is 18.0.